The number of hydrogen-bond acceptors (Lipinski definition) is 4. The van der Waals surface area contributed by atoms with E-state index in [4.69, 9.17) is 0 Å². The minimum atomic E-state index is -1.06. The van der Waals surface area contributed by atoms with Crippen molar-refractivity contribution in [2.24, 2.45) is 4.99 Å². The highest BCUT2D eigenvalue weighted by Gasteiger charge is 2.30. The lowest BCUT2D eigenvalue weighted by Gasteiger charge is -2.25. The summed E-state index contributed by atoms with van der Waals surface area (Å²) in [6.45, 7) is 4.29. The van der Waals surface area contributed by atoms with Crippen LogP contribution in [0.1, 0.15) is 59.5 Å². The van der Waals surface area contributed by atoms with Crippen molar-refractivity contribution in [1.82, 2.24) is 10.3 Å². The second kappa shape index (κ2) is 10.3. The minimum absolute atomic E-state index is 0.286. The molecular weight excluding hydrogens is 450 g/mol. The number of carbonyl (C=O) groups excluding carboxylic acids is 2. The van der Waals surface area contributed by atoms with Crippen LogP contribution in [0.15, 0.2) is 65.8 Å². The van der Waals surface area contributed by atoms with Crippen LogP contribution in [-0.4, -0.2) is 29.3 Å². The monoisotopic (exact) mass is 481 g/mol. The van der Waals surface area contributed by atoms with Gasteiger partial charge in [-0.3, -0.25) is 14.8 Å². The predicted molar refractivity (Wildman–Crippen MR) is 143 cm³/mol. The standard InChI is InChI=1S/C29H31N5O2/c1-19-14-23(21-9-3-4-10-21)16-24(15-19)32-29(36)33-27-28(35)34(18-25-20(2)8-7-13-30-25)26-12-6-5-11-22(26)17-31-27/h5-8,11-17,21,27H,3-4,9-10,18H2,1-2H3,(H2,32,33,36). The molecule has 2 heterocycles. The fourth-order valence-electron chi connectivity index (χ4n) is 5.09. The second-order valence-corrected chi connectivity index (χ2v) is 9.64. The van der Waals surface area contributed by atoms with Gasteiger partial charge in [0, 0.05) is 23.7 Å². The molecule has 3 amide bonds. The quantitative estimate of drug-likeness (QED) is 0.507. The number of rotatable bonds is 5. The molecule has 184 valence electrons. The van der Waals surface area contributed by atoms with E-state index in [1.165, 1.54) is 31.2 Å². The van der Waals surface area contributed by atoms with E-state index < -0.39 is 12.2 Å². The molecule has 1 saturated carbocycles. The number of fused-ring (bicyclic) bond motifs is 1. The van der Waals surface area contributed by atoms with E-state index in [1.807, 2.05) is 62.4 Å². The smallest absolute Gasteiger partial charge is 0.308 e. The van der Waals surface area contributed by atoms with Gasteiger partial charge in [0.25, 0.3) is 5.91 Å². The Morgan fingerprint density at radius 2 is 1.86 bits per heavy atom. The van der Waals surface area contributed by atoms with Crippen molar-refractivity contribution in [1.29, 1.82) is 0 Å². The minimum Gasteiger partial charge on any atom is -0.308 e. The van der Waals surface area contributed by atoms with Crippen LogP contribution >= 0.6 is 0 Å². The molecule has 1 aromatic heterocycles. The SMILES string of the molecule is Cc1cc(NC(=O)NC2N=Cc3ccccc3N(Cc3ncccc3C)C2=O)cc(C2CCCC2)c1. The van der Waals surface area contributed by atoms with Crippen molar-refractivity contribution in [3.63, 3.8) is 0 Å². The summed E-state index contributed by atoms with van der Waals surface area (Å²) < 4.78 is 0. The first-order valence-corrected chi connectivity index (χ1v) is 12.5. The van der Waals surface area contributed by atoms with Crippen molar-refractivity contribution in [2.75, 3.05) is 10.2 Å². The van der Waals surface area contributed by atoms with Gasteiger partial charge in [0.15, 0.2) is 0 Å². The third-order valence-corrected chi connectivity index (χ3v) is 6.97. The van der Waals surface area contributed by atoms with E-state index in [-0.39, 0.29) is 12.5 Å². The summed E-state index contributed by atoms with van der Waals surface area (Å²) in [4.78, 5) is 37.2. The third kappa shape index (κ3) is 5.15. The topological polar surface area (TPSA) is 86.7 Å². The van der Waals surface area contributed by atoms with Gasteiger partial charge in [-0.1, -0.05) is 43.2 Å². The van der Waals surface area contributed by atoms with E-state index in [1.54, 1.807) is 17.3 Å². The molecule has 2 aliphatic rings. The van der Waals surface area contributed by atoms with Gasteiger partial charge in [-0.05, 0) is 73.6 Å². The number of nitrogens with zero attached hydrogens (tertiary/aromatic N) is 3. The summed E-state index contributed by atoms with van der Waals surface area (Å²) in [5, 5.41) is 5.69. The van der Waals surface area contributed by atoms with Gasteiger partial charge < -0.3 is 15.5 Å². The Kier molecular flexibility index (Phi) is 6.80. The maximum atomic E-state index is 13.6. The molecule has 0 radical (unpaired) electrons. The molecule has 2 N–H and O–H groups in total. The summed E-state index contributed by atoms with van der Waals surface area (Å²) in [6.07, 6.45) is 7.19. The molecule has 7 nitrogen and oxygen atoms in total. The summed E-state index contributed by atoms with van der Waals surface area (Å²) in [5.41, 5.74) is 6.43. The molecule has 5 rings (SSSR count). The number of benzodiazepines with no additional fused rings is 1. The lowest BCUT2D eigenvalue weighted by molar-refractivity contribution is -0.120. The number of carbonyl (C=O) groups is 2. The van der Waals surface area contributed by atoms with Crippen molar-refractivity contribution >= 4 is 29.5 Å². The average molecular weight is 482 g/mol. The van der Waals surface area contributed by atoms with Gasteiger partial charge in [-0.25, -0.2) is 4.79 Å². The van der Waals surface area contributed by atoms with Gasteiger partial charge in [0.05, 0.1) is 17.9 Å². The Labute approximate surface area is 211 Å². The number of nitrogens with one attached hydrogen (secondary N) is 2. The molecule has 36 heavy (non-hydrogen) atoms. The first kappa shape index (κ1) is 23.7. The number of aliphatic imine (C=N–C) groups is 1. The zero-order chi connectivity index (χ0) is 25.1. The Bertz CT molecular complexity index is 1310. The van der Waals surface area contributed by atoms with Crippen LogP contribution in [0, 0.1) is 13.8 Å². The van der Waals surface area contributed by atoms with Crippen LogP contribution in [0.4, 0.5) is 16.2 Å². The van der Waals surface area contributed by atoms with Crippen LogP contribution in [0.5, 0.6) is 0 Å². The van der Waals surface area contributed by atoms with Gasteiger partial charge in [-0.15, -0.1) is 0 Å². The summed E-state index contributed by atoms with van der Waals surface area (Å²) in [5.74, 6) is 0.232. The first-order valence-electron chi connectivity index (χ1n) is 12.5. The number of anilines is 2. The van der Waals surface area contributed by atoms with Gasteiger partial charge in [0.1, 0.15) is 0 Å². The van der Waals surface area contributed by atoms with Crippen molar-refractivity contribution < 1.29 is 9.59 Å². The zero-order valence-corrected chi connectivity index (χ0v) is 20.7. The number of hydrogen-bond donors (Lipinski definition) is 2. The molecule has 0 spiro atoms. The maximum Gasteiger partial charge on any atom is 0.321 e. The van der Waals surface area contributed by atoms with Crippen LogP contribution in [-0.2, 0) is 11.3 Å². The molecule has 1 fully saturated rings. The molecule has 1 atom stereocenters. The van der Waals surface area contributed by atoms with Crippen molar-refractivity contribution in [3.05, 3.63) is 88.7 Å². The largest absolute Gasteiger partial charge is 0.321 e. The average Bonchev–Trinajstić information content (AvgIpc) is 3.37. The molecule has 2 aromatic carbocycles. The fourth-order valence-corrected chi connectivity index (χ4v) is 5.09. The number of aromatic nitrogens is 1. The van der Waals surface area contributed by atoms with Crippen LogP contribution < -0.4 is 15.5 Å². The number of pyridine rings is 1. The van der Waals surface area contributed by atoms with E-state index in [0.29, 0.717) is 5.92 Å². The summed E-state index contributed by atoms with van der Waals surface area (Å²) in [6, 6.07) is 17.2. The van der Waals surface area contributed by atoms with Gasteiger partial charge >= 0.3 is 6.03 Å². The Hall–Kier alpha value is -4.00. The van der Waals surface area contributed by atoms with E-state index in [0.717, 1.165) is 33.8 Å². The predicted octanol–water partition coefficient (Wildman–Crippen LogP) is 5.47. The molecule has 1 aliphatic carbocycles. The molecule has 1 unspecified atom stereocenters. The lowest BCUT2D eigenvalue weighted by Crippen LogP contribution is -2.48. The Morgan fingerprint density at radius 3 is 2.67 bits per heavy atom. The number of benzene rings is 2. The van der Waals surface area contributed by atoms with Crippen molar-refractivity contribution in [2.45, 2.75) is 58.2 Å². The number of para-hydroxylation sites is 1. The molecule has 0 bridgehead atoms. The van der Waals surface area contributed by atoms with E-state index >= 15 is 0 Å². The summed E-state index contributed by atoms with van der Waals surface area (Å²) in [7, 11) is 0. The lowest BCUT2D eigenvalue weighted by atomic mass is 9.95. The van der Waals surface area contributed by atoms with E-state index in [9.17, 15) is 9.59 Å². The highest BCUT2D eigenvalue weighted by atomic mass is 16.2. The maximum absolute atomic E-state index is 13.6. The van der Waals surface area contributed by atoms with Crippen LogP contribution in [0.3, 0.4) is 0 Å². The van der Waals surface area contributed by atoms with Crippen molar-refractivity contribution in [3.8, 4) is 0 Å². The molecule has 3 aromatic rings. The van der Waals surface area contributed by atoms with Crippen LogP contribution in [0.2, 0.25) is 0 Å². The zero-order valence-electron chi connectivity index (χ0n) is 20.7. The van der Waals surface area contributed by atoms with Crippen LogP contribution in [0.25, 0.3) is 0 Å². The van der Waals surface area contributed by atoms with E-state index in [2.05, 4.69) is 26.7 Å². The fraction of sp³-hybridized carbons (Fsp3) is 0.310. The Morgan fingerprint density at radius 1 is 1.06 bits per heavy atom. The molecule has 0 saturated heterocycles. The molecular formula is C29H31N5O2. The number of amides is 3. The van der Waals surface area contributed by atoms with Gasteiger partial charge in [0.2, 0.25) is 6.17 Å². The Balaban J connectivity index is 1.35. The molecule has 1 aliphatic heterocycles. The first-order chi connectivity index (χ1) is 17.5. The molecule has 7 heteroatoms. The number of urea groups is 1. The third-order valence-electron chi connectivity index (χ3n) is 6.97. The normalized spacial score (nSPS) is 17.6. The highest BCUT2D eigenvalue weighted by molar-refractivity contribution is 6.06. The number of aryl methyl sites for hydroxylation is 2. The summed E-state index contributed by atoms with van der Waals surface area (Å²) >= 11 is 0. The second-order valence-electron chi connectivity index (χ2n) is 9.64. The highest BCUT2D eigenvalue weighted by Crippen LogP contribution is 2.35. The van der Waals surface area contributed by atoms with Gasteiger partial charge in [-0.2, -0.15) is 0 Å².